The summed E-state index contributed by atoms with van der Waals surface area (Å²) in [6.07, 6.45) is 2.18. The topological polar surface area (TPSA) is 61.8 Å². The van der Waals surface area contributed by atoms with Gasteiger partial charge < -0.3 is 15.2 Å². The molecule has 0 aromatic rings. The fourth-order valence-electron chi connectivity index (χ4n) is 2.01. The van der Waals surface area contributed by atoms with Crippen LogP contribution in [0.25, 0.3) is 0 Å². The molecule has 1 heterocycles. The molecule has 17 heavy (non-hydrogen) atoms. The molecule has 2 N–H and O–H groups in total. The Bertz CT molecular complexity index is 228. The predicted octanol–water partition coefficient (Wildman–Crippen LogP) is -0.0157. The van der Waals surface area contributed by atoms with Crippen molar-refractivity contribution >= 4 is 5.91 Å². The average molecular weight is 244 g/mol. The van der Waals surface area contributed by atoms with Crippen molar-refractivity contribution in [3.8, 4) is 0 Å². The minimum atomic E-state index is -0.191. The molecule has 0 aromatic carbocycles. The highest BCUT2D eigenvalue weighted by molar-refractivity contribution is 5.81. The summed E-state index contributed by atoms with van der Waals surface area (Å²) in [5.74, 6) is 0.0671. The van der Waals surface area contributed by atoms with E-state index in [0.29, 0.717) is 13.2 Å². The maximum atomic E-state index is 11.8. The van der Waals surface area contributed by atoms with Crippen LogP contribution in [0.1, 0.15) is 26.2 Å². The van der Waals surface area contributed by atoms with E-state index in [4.69, 9.17) is 4.74 Å². The van der Waals surface area contributed by atoms with E-state index in [1.54, 1.807) is 7.11 Å². The molecule has 0 aromatic heterocycles. The number of aliphatic hydroxyl groups excluding tert-OH is 1. The maximum Gasteiger partial charge on any atom is 0.237 e. The molecule has 0 aliphatic carbocycles. The number of aliphatic hydroxyl groups is 1. The first-order chi connectivity index (χ1) is 8.15. The summed E-state index contributed by atoms with van der Waals surface area (Å²) in [6, 6.07) is -0.106. The monoisotopic (exact) mass is 244 g/mol. The Morgan fingerprint density at radius 3 is 2.76 bits per heavy atom. The van der Waals surface area contributed by atoms with Gasteiger partial charge in [-0.3, -0.25) is 9.69 Å². The molecule has 1 aliphatic rings. The van der Waals surface area contributed by atoms with Crippen LogP contribution in [-0.4, -0.2) is 61.4 Å². The van der Waals surface area contributed by atoms with Crippen molar-refractivity contribution < 1.29 is 14.6 Å². The average Bonchev–Trinajstić information content (AvgIpc) is 2.34. The summed E-state index contributed by atoms with van der Waals surface area (Å²) in [7, 11) is 1.66. The second kappa shape index (κ2) is 7.63. The van der Waals surface area contributed by atoms with Gasteiger partial charge in [-0.15, -0.1) is 0 Å². The number of nitrogens with zero attached hydrogens (tertiary/aromatic N) is 1. The third kappa shape index (κ3) is 5.02. The van der Waals surface area contributed by atoms with E-state index in [-0.39, 0.29) is 18.1 Å². The number of amides is 1. The summed E-state index contributed by atoms with van der Waals surface area (Å²) < 4.78 is 4.92. The molecule has 1 saturated heterocycles. The number of rotatable bonds is 6. The maximum absolute atomic E-state index is 11.8. The minimum Gasteiger partial charge on any atom is -0.393 e. The summed E-state index contributed by atoms with van der Waals surface area (Å²) in [5.41, 5.74) is 0. The lowest BCUT2D eigenvalue weighted by Crippen LogP contribution is -2.49. The van der Waals surface area contributed by atoms with Crippen molar-refractivity contribution in [2.45, 2.75) is 38.3 Å². The molecule has 0 bridgehead atoms. The Morgan fingerprint density at radius 1 is 1.53 bits per heavy atom. The van der Waals surface area contributed by atoms with Crippen LogP contribution in [0.5, 0.6) is 0 Å². The SMILES string of the molecule is COCCCNC(=O)C(C)N1CCC(O)CC1. The minimum absolute atomic E-state index is 0.0671. The quantitative estimate of drug-likeness (QED) is 0.645. The lowest BCUT2D eigenvalue weighted by molar-refractivity contribution is -0.126. The fourth-order valence-corrected chi connectivity index (χ4v) is 2.01. The van der Waals surface area contributed by atoms with Gasteiger partial charge in [0.2, 0.25) is 5.91 Å². The number of nitrogens with one attached hydrogen (secondary N) is 1. The van der Waals surface area contributed by atoms with Crippen molar-refractivity contribution in [1.82, 2.24) is 10.2 Å². The van der Waals surface area contributed by atoms with Gasteiger partial charge in [-0.25, -0.2) is 0 Å². The Hall–Kier alpha value is -0.650. The number of hydrogen-bond acceptors (Lipinski definition) is 4. The van der Waals surface area contributed by atoms with Gasteiger partial charge in [0.25, 0.3) is 0 Å². The molecular formula is C12H24N2O3. The number of hydrogen-bond donors (Lipinski definition) is 2. The first kappa shape index (κ1) is 14.4. The third-order valence-electron chi connectivity index (χ3n) is 3.25. The van der Waals surface area contributed by atoms with E-state index in [0.717, 1.165) is 32.4 Å². The molecule has 5 nitrogen and oxygen atoms in total. The van der Waals surface area contributed by atoms with Gasteiger partial charge in [0.05, 0.1) is 12.1 Å². The normalized spacial score (nSPS) is 20.2. The summed E-state index contributed by atoms with van der Waals surface area (Å²) in [5, 5.41) is 12.3. The van der Waals surface area contributed by atoms with Gasteiger partial charge in [-0.05, 0) is 26.2 Å². The van der Waals surface area contributed by atoms with Crippen LogP contribution in [0, 0.1) is 0 Å². The zero-order chi connectivity index (χ0) is 12.7. The molecule has 100 valence electrons. The largest absolute Gasteiger partial charge is 0.393 e. The first-order valence-corrected chi connectivity index (χ1v) is 6.34. The summed E-state index contributed by atoms with van der Waals surface area (Å²) >= 11 is 0. The van der Waals surface area contributed by atoms with E-state index in [1.165, 1.54) is 0 Å². The Balaban J connectivity index is 2.21. The van der Waals surface area contributed by atoms with Crippen LogP contribution in [0.15, 0.2) is 0 Å². The van der Waals surface area contributed by atoms with Crippen LogP contribution in [0.2, 0.25) is 0 Å². The smallest absolute Gasteiger partial charge is 0.237 e. The second-order valence-electron chi connectivity index (χ2n) is 4.58. The zero-order valence-electron chi connectivity index (χ0n) is 10.8. The molecule has 5 heteroatoms. The predicted molar refractivity (Wildman–Crippen MR) is 65.8 cm³/mol. The van der Waals surface area contributed by atoms with Crippen LogP contribution in [0.4, 0.5) is 0 Å². The van der Waals surface area contributed by atoms with Crippen molar-refractivity contribution in [3.05, 3.63) is 0 Å². The van der Waals surface area contributed by atoms with E-state index < -0.39 is 0 Å². The molecule has 0 spiro atoms. The molecule has 0 radical (unpaired) electrons. The number of carbonyl (C=O) groups is 1. The molecule has 1 unspecified atom stereocenters. The highest BCUT2D eigenvalue weighted by atomic mass is 16.5. The van der Waals surface area contributed by atoms with Gasteiger partial charge in [0.1, 0.15) is 0 Å². The lowest BCUT2D eigenvalue weighted by atomic mass is 10.1. The van der Waals surface area contributed by atoms with Crippen LogP contribution < -0.4 is 5.32 Å². The van der Waals surface area contributed by atoms with Gasteiger partial charge in [-0.2, -0.15) is 0 Å². The third-order valence-corrected chi connectivity index (χ3v) is 3.25. The standard InChI is InChI=1S/C12H24N2O3/c1-10(12(16)13-6-3-9-17-2)14-7-4-11(15)5-8-14/h10-11,15H,3-9H2,1-2H3,(H,13,16). The Morgan fingerprint density at radius 2 is 2.18 bits per heavy atom. The van der Waals surface area contributed by atoms with Crippen molar-refractivity contribution in [2.24, 2.45) is 0 Å². The molecule has 1 fully saturated rings. The van der Waals surface area contributed by atoms with Crippen molar-refractivity contribution in [1.29, 1.82) is 0 Å². The molecule has 1 aliphatic heterocycles. The van der Waals surface area contributed by atoms with Crippen LogP contribution >= 0.6 is 0 Å². The second-order valence-corrected chi connectivity index (χ2v) is 4.58. The number of piperidine rings is 1. The van der Waals surface area contributed by atoms with E-state index in [1.807, 2.05) is 6.92 Å². The molecule has 0 saturated carbocycles. The van der Waals surface area contributed by atoms with Gasteiger partial charge in [-0.1, -0.05) is 0 Å². The molecule has 1 rings (SSSR count). The fraction of sp³-hybridized carbons (Fsp3) is 0.917. The summed E-state index contributed by atoms with van der Waals surface area (Å²) in [6.45, 7) is 4.85. The van der Waals surface area contributed by atoms with E-state index in [9.17, 15) is 9.90 Å². The van der Waals surface area contributed by atoms with Gasteiger partial charge >= 0.3 is 0 Å². The van der Waals surface area contributed by atoms with Gasteiger partial charge in [0.15, 0.2) is 0 Å². The van der Waals surface area contributed by atoms with Crippen molar-refractivity contribution in [2.75, 3.05) is 33.4 Å². The molecule has 1 amide bonds. The van der Waals surface area contributed by atoms with Crippen LogP contribution in [0.3, 0.4) is 0 Å². The van der Waals surface area contributed by atoms with Gasteiger partial charge in [0, 0.05) is 33.4 Å². The van der Waals surface area contributed by atoms with E-state index in [2.05, 4.69) is 10.2 Å². The number of carbonyl (C=O) groups excluding carboxylic acids is 1. The number of methoxy groups -OCH3 is 1. The Labute approximate surface area is 103 Å². The molecular weight excluding hydrogens is 220 g/mol. The van der Waals surface area contributed by atoms with E-state index >= 15 is 0 Å². The van der Waals surface area contributed by atoms with Crippen molar-refractivity contribution in [3.63, 3.8) is 0 Å². The number of likely N-dealkylation sites (tertiary alicyclic amines) is 1. The zero-order valence-corrected chi connectivity index (χ0v) is 10.8. The summed E-state index contributed by atoms with van der Waals surface area (Å²) in [4.78, 5) is 14.0. The molecule has 1 atom stereocenters. The highest BCUT2D eigenvalue weighted by Crippen LogP contribution is 2.12. The number of ether oxygens (including phenoxy) is 1. The Kier molecular flexibility index (Phi) is 6.47. The lowest BCUT2D eigenvalue weighted by Gasteiger charge is -2.33. The highest BCUT2D eigenvalue weighted by Gasteiger charge is 2.25. The van der Waals surface area contributed by atoms with Crippen LogP contribution in [-0.2, 0) is 9.53 Å². The first-order valence-electron chi connectivity index (χ1n) is 6.34.